The van der Waals surface area contributed by atoms with E-state index in [1.807, 2.05) is 18.3 Å². The lowest BCUT2D eigenvalue weighted by atomic mass is 9.79. The van der Waals surface area contributed by atoms with Crippen LogP contribution in [-0.2, 0) is 0 Å². The zero-order valence-corrected chi connectivity index (χ0v) is 16.7. The number of rotatable bonds is 5. The molecule has 0 aliphatic carbocycles. The van der Waals surface area contributed by atoms with Gasteiger partial charge in [-0.05, 0) is 50.9 Å². The molecule has 0 spiro atoms. The first-order valence-electron chi connectivity index (χ1n) is 8.46. The molecule has 134 valence electrons. The summed E-state index contributed by atoms with van der Waals surface area (Å²) in [6, 6.07) is 4.65. The van der Waals surface area contributed by atoms with E-state index in [1.165, 1.54) is 48.6 Å². The maximum atomic E-state index is 12.7. The third-order valence-electron chi connectivity index (χ3n) is 5.12. The van der Waals surface area contributed by atoms with Gasteiger partial charge in [0.1, 0.15) is 0 Å². The Hall–Kier alpha value is -1.09. The molecule has 0 unspecified atom stereocenters. The van der Waals surface area contributed by atoms with E-state index in [9.17, 15) is 4.79 Å². The number of piperidine rings is 3. The highest BCUT2D eigenvalue weighted by Crippen LogP contribution is 2.38. The molecule has 5 heterocycles. The number of ether oxygens (including phenoxy) is 1. The van der Waals surface area contributed by atoms with Gasteiger partial charge in [0.05, 0.1) is 26.6 Å². The molecule has 3 fully saturated rings. The van der Waals surface area contributed by atoms with Gasteiger partial charge in [-0.15, -0.1) is 11.3 Å². The van der Waals surface area contributed by atoms with Crippen LogP contribution < -0.4 is 10.1 Å². The van der Waals surface area contributed by atoms with E-state index in [0.717, 1.165) is 13.3 Å². The van der Waals surface area contributed by atoms with Crippen LogP contribution in [0.5, 0.6) is 5.19 Å². The van der Waals surface area contributed by atoms with Gasteiger partial charge in [-0.2, -0.15) is 0 Å². The van der Waals surface area contributed by atoms with Gasteiger partial charge in [0.25, 0.3) is 11.1 Å². The Kier molecular flexibility index (Phi) is 5.04. The Morgan fingerprint density at radius 1 is 1.32 bits per heavy atom. The summed E-state index contributed by atoms with van der Waals surface area (Å²) in [6.07, 6.45) is 4.21. The lowest BCUT2D eigenvalue weighted by Gasteiger charge is -2.49. The summed E-state index contributed by atoms with van der Waals surface area (Å²) in [5.41, 5.74) is 0. The van der Waals surface area contributed by atoms with Gasteiger partial charge in [0.2, 0.25) is 0 Å². The van der Waals surface area contributed by atoms with Crippen LogP contribution in [0.3, 0.4) is 0 Å². The second-order valence-corrected chi connectivity index (χ2v) is 10.2. The summed E-state index contributed by atoms with van der Waals surface area (Å²) in [4.78, 5) is 20.1. The average Bonchev–Trinajstić information content (AvgIpc) is 3.28. The van der Waals surface area contributed by atoms with Gasteiger partial charge in [0.15, 0.2) is 0 Å². The number of amides is 1. The molecular weight excluding hydrogens is 374 g/mol. The van der Waals surface area contributed by atoms with Crippen molar-refractivity contribution >= 4 is 40.3 Å². The number of carbonyl (C=O) groups is 1. The fourth-order valence-electron chi connectivity index (χ4n) is 3.75. The first-order chi connectivity index (χ1) is 12.1. The van der Waals surface area contributed by atoms with Crippen molar-refractivity contribution in [3.63, 3.8) is 0 Å². The van der Waals surface area contributed by atoms with Crippen molar-refractivity contribution in [1.82, 2.24) is 15.2 Å². The number of thiophene rings is 1. The summed E-state index contributed by atoms with van der Waals surface area (Å²) in [7, 11) is 1.62. The fourth-order valence-corrected chi connectivity index (χ4v) is 6.81. The molecule has 2 bridgehead atoms. The molecule has 8 heteroatoms. The zero-order chi connectivity index (χ0) is 17.4. The van der Waals surface area contributed by atoms with Crippen LogP contribution in [0.25, 0.3) is 0 Å². The lowest BCUT2D eigenvalue weighted by Crippen LogP contribution is -2.62. The number of carbonyl (C=O) groups excluding carboxylic acids is 1. The first-order valence-corrected chi connectivity index (χ1v) is 10.9. The van der Waals surface area contributed by atoms with E-state index in [-0.39, 0.29) is 11.9 Å². The highest BCUT2D eigenvalue weighted by molar-refractivity contribution is 8.02. The molecule has 5 nitrogen and oxygen atoms in total. The Balaban J connectivity index is 1.40. The Bertz CT molecular complexity index is 750. The molecular formula is C17H21N3O2S3. The molecule has 3 saturated heterocycles. The van der Waals surface area contributed by atoms with Crippen molar-refractivity contribution in [3.05, 3.63) is 23.2 Å². The lowest BCUT2D eigenvalue weighted by molar-refractivity contribution is 0.0218. The van der Waals surface area contributed by atoms with Crippen molar-refractivity contribution in [3.8, 4) is 5.19 Å². The number of hydrogen-bond donors (Lipinski definition) is 1. The molecule has 3 aliphatic heterocycles. The van der Waals surface area contributed by atoms with Crippen LogP contribution >= 0.6 is 34.4 Å². The SMILES string of the molecule is COc1ncc(Sc2ccc(C(=O)N[C@@H]3C4CCN(CC4)[C@H]3C)s2)s1. The normalized spacial score (nSPS) is 28.1. The average molecular weight is 396 g/mol. The van der Waals surface area contributed by atoms with Gasteiger partial charge in [0, 0.05) is 12.1 Å². The largest absolute Gasteiger partial charge is 0.473 e. The molecule has 1 amide bonds. The molecule has 3 aliphatic rings. The number of nitrogens with zero attached hydrogens (tertiary/aromatic N) is 2. The third kappa shape index (κ3) is 3.58. The Morgan fingerprint density at radius 2 is 2.12 bits per heavy atom. The van der Waals surface area contributed by atoms with E-state index in [4.69, 9.17) is 4.74 Å². The second-order valence-electron chi connectivity index (χ2n) is 6.48. The standard InChI is InChI=1S/C17H21N3O2S3/c1-10-15(11-5-7-20(10)8-6-11)19-16(21)12-3-4-13(23-12)24-14-9-18-17(22-2)25-14/h3-4,9-11,15H,5-8H2,1-2H3,(H,19,21)/t10-,15-/m0/s1. The van der Waals surface area contributed by atoms with Crippen molar-refractivity contribution < 1.29 is 9.53 Å². The maximum Gasteiger partial charge on any atom is 0.273 e. The summed E-state index contributed by atoms with van der Waals surface area (Å²) in [5.74, 6) is 0.687. The fraction of sp³-hybridized carbons (Fsp3) is 0.529. The molecule has 0 radical (unpaired) electrons. The number of nitrogens with one attached hydrogen (secondary N) is 1. The van der Waals surface area contributed by atoms with E-state index in [2.05, 4.69) is 22.1 Å². The number of methoxy groups -OCH3 is 1. The highest BCUT2D eigenvalue weighted by atomic mass is 32.2. The molecule has 5 rings (SSSR count). The molecule has 0 saturated carbocycles. The quantitative estimate of drug-likeness (QED) is 0.839. The maximum absolute atomic E-state index is 12.7. The number of aromatic nitrogens is 1. The molecule has 25 heavy (non-hydrogen) atoms. The molecule has 0 aromatic carbocycles. The molecule has 2 aromatic rings. The summed E-state index contributed by atoms with van der Waals surface area (Å²) in [6.45, 7) is 4.59. The van der Waals surface area contributed by atoms with Gasteiger partial charge >= 0.3 is 0 Å². The van der Waals surface area contributed by atoms with Crippen LogP contribution in [0.15, 0.2) is 26.7 Å². The zero-order valence-electron chi connectivity index (χ0n) is 14.2. The van der Waals surface area contributed by atoms with Crippen molar-refractivity contribution in [2.75, 3.05) is 20.2 Å². The predicted molar refractivity (Wildman–Crippen MR) is 102 cm³/mol. The topological polar surface area (TPSA) is 54.5 Å². The highest BCUT2D eigenvalue weighted by Gasteiger charge is 2.40. The van der Waals surface area contributed by atoms with Crippen LogP contribution in [0.4, 0.5) is 0 Å². The molecule has 2 aromatic heterocycles. The van der Waals surface area contributed by atoms with Crippen LogP contribution in [-0.4, -0.2) is 48.1 Å². The summed E-state index contributed by atoms with van der Waals surface area (Å²) in [5, 5.41) is 3.96. The first kappa shape index (κ1) is 17.3. The predicted octanol–water partition coefficient (Wildman–Crippen LogP) is 3.58. The monoisotopic (exact) mass is 395 g/mol. The molecule has 2 atom stereocenters. The summed E-state index contributed by atoms with van der Waals surface area (Å²) >= 11 is 4.68. The van der Waals surface area contributed by atoms with E-state index < -0.39 is 0 Å². The van der Waals surface area contributed by atoms with E-state index in [0.29, 0.717) is 17.2 Å². The smallest absolute Gasteiger partial charge is 0.273 e. The third-order valence-corrected chi connectivity index (χ3v) is 8.40. The van der Waals surface area contributed by atoms with Crippen LogP contribution in [0.1, 0.15) is 29.4 Å². The van der Waals surface area contributed by atoms with Crippen LogP contribution in [0, 0.1) is 5.92 Å². The number of hydrogen-bond acceptors (Lipinski definition) is 7. The van der Waals surface area contributed by atoms with Gasteiger partial charge in [-0.3, -0.25) is 9.69 Å². The van der Waals surface area contributed by atoms with Gasteiger partial charge in [-0.1, -0.05) is 23.1 Å². The number of thiazole rings is 1. The van der Waals surface area contributed by atoms with Gasteiger partial charge in [-0.25, -0.2) is 4.98 Å². The van der Waals surface area contributed by atoms with Crippen LogP contribution in [0.2, 0.25) is 0 Å². The Labute approximate surface area is 159 Å². The molecule has 1 N–H and O–H groups in total. The minimum Gasteiger partial charge on any atom is -0.473 e. The van der Waals surface area contributed by atoms with Crippen molar-refractivity contribution in [2.45, 2.75) is 40.3 Å². The second kappa shape index (κ2) is 7.26. The van der Waals surface area contributed by atoms with Crippen molar-refractivity contribution in [1.29, 1.82) is 0 Å². The summed E-state index contributed by atoms with van der Waals surface area (Å²) < 4.78 is 7.29. The Morgan fingerprint density at radius 3 is 2.80 bits per heavy atom. The minimum atomic E-state index is 0.0596. The van der Waals surface area contributed by atoms with Crippen molar-refractivity contribution in [2.24, 2.45) is 5.92 Å². The number of fused-ring (bicyclic) bond motifs is 3. The van der Waals surface area contributed by atoms with Gasteiger partial charge < -0.3 is 10.1 Å². The van der Waals surface area contributed by atoms with E-state index in [1.54, 1.807) is 18.9 Å². The minimum absolute atomic E-state index is 0.0596. The van der Waals surface area contributed by atoms with E-state index >= 15 is 0 Å².